The summed E-state index contributed by atoms with van der Waals surface area (Å²) in [6, 6.07) is 3.69. The zero-order valence-corrected chi connectivity index (χ0v) is 9.23. The number of hydrogen-bond donors (Lipinski definition) is 0. The van der Waals surface area contributed by atoms with Crippen molar-refractivity contribution in [1.82, 2.24) is 0 Å². The molecule has 0 amide bonds. The first-order valence-electron chi connectivity index (χ1n) is 3.59. The molecule has 0 aromatic carbocycles. The van der Waals surface area contributed by atoms with E-state index in [9.17, 15) is 4.57 Å². The quantitative estimate of drug-likeness (QED) is 0.728. The van der Waals surface area contributed by atoms with Crippen LogP contribution in [0, 0.1) is 0 Å². The lowest BCUT2D eigenvalue weighted by molar-refractivity contribution is 0.288. The molecule has 13 heavy (non-hydrogen) atoms. The molecule has 0 saturated heterocycles. The summed E-state index contributed by atoms with van der Waals surface area (Å²) < 4.78 is 21.4. The summed E-state index contributed by atoms with van der Waals surface area (Å²) in [5, 5.41) is 2.29. The van der Waals surface area contributed by atoms with Gasteiger partial charge in [-0.3, -0.25) is 4.57 Å². The molecule has 72 valence electrons. The Morgan fingerprint density at radius 3 is 2.54 bits per heavy atom. The minimum Gasteiger partial charge on any atom is -0.309 e. The summed E-state index contributed by atoms with van der Waals surface area (Å²) in [6.07, 6.45) is 0. The van der Waals surface area contributed by atoms with Gasteiger partial charge in [0.2, 0.25) is 0 Å². The topological polar surface area (TPSA) is 35.5 Å². The van der Waals surface area contributed by atoms with E-state index < -0.39 is 7.60 Å². The Kier molecular flexibility index (Phi) is 3.45. The zero-order valence-electron chi connectivity index (χ0n) is 7.52. The largest absolute Gasteiger partial charge is 0.361 e. The van der Waals surface area contributed by atoms with Crippen LogP contribution >= 0.6 is 18.9 Å². The second kappa shape index (κ2) is 4.20. The normalized spacial score (nSPS) is 11.5. The van der Waals surface area contributed by atoms with E-state index in [1.807, 2.05) is 17.5 Å². The monoisotopic (exact) mass is 218 g/mol. The lowest BCUT2D eigenvalue weighted by atomic mass is 10.5. The van der Waals surface area contributed by atoms with Crippen molar-refractivity contribution >= 4 is 24.2 Å². The first-order valence-corrected chi connectivity index (χ1v) is 6.01. The highest BCUT2D eigenvalue weighted by atomic mass is 32.1. The predicted molar refractivity (Wildman–Crippen MR) is 55.0 cm³/mol. The Bertz CT molecular complexity index is 323. The summed E-state index contributed by atoms with van der Waals surface area (Å²) in [7, 11) is -0.444. The standard InChI is InChI=1S/C8H11O3PS/c1-7(8-5-4-6-13-8)12(9,10-2)11-3/h4-6H,1H2,2-3H3. The van der Waals surface area contributed by atoms with Gasteiger partial charge in [-0.1, -0.05) is 12.6 Å². The van der Waals surface area contributed by atoms with Crippen molar-refractivity contribution < 1.29 is 13.6 Å². The van der Waals surface area contributed by atoms with Gasteiger partial charge in [-0.25, -0.2) is 0 Å². The first-order chi connectivity index (χ1) is 6.14. The molecule has 1 aromatic rings. The summed E-state index contributed by atoms with van der Waals surface area (Å²) in [5.41, 5.74) is 0. The van der Waals surface area contributed by atoms with Crippen LogP contribution in [0.15, 0.2) is 24.1 Å². The van der Waals surface area contributed by atoms with E-state index in [-0.39, 0.29) is 0 Å². The molecule has 0 aliphatic rings. The van der Waals surface area contributed by atoms with E-state index in [0.29, 0.717) is 5.31 Å². The smallest absolute Gasteiger partial charge is 0.309 e. The second-order valence-corrected chi connectivity index (χ2v) is 5.50. The third-order valence-electron chi connectivity index (χ3n) is 1.62. The van der Waals surface area contributed by atoms with E-state index in [1.165, 1.54) is 25.6 Å². The molecule has 0 radical (unpaired) electrons. The maximum atomic E-state index is 11.8. The molecule has 3 nitrogen and oxygen atoms in total. The summed E-state index contributed by atoms with van der Waals surface area (Å²) in [4.78, 5) is 0.826. The molecule has 0 spiro atoms. The molecule has 5 heteroatoms. The molecule has 0 fully saturated rings. The van der Waals surface area contributed by atoms with E-state index in [2.05, 4.69) is 6.58 Å². The Morgan fingerprint density at radius 2 is 2.15 bits per heavy atom. The van der Waals surface area contributed by atoms with Gasteiger partial charge in [0, 0.05) is 19.1 Å². The van der Waals surface area contributed by atoms with Gasteiger partial charge in [0.25, 0.3) is 0 Å². The molecule has 1 rings (SSSR count). The van der Waals surface area contributed by atoms with E-state index in [1.54, 1.807) is 0 Å². The first kappa shape index (κ1) is 10.7. The highest BCUT2D eigenvalue weighted by Gasteiger charge is 2.27. The third-order valence-corrected chi connectivity index (χ3v) is 4.56. The van der Waals surface area contributed by atoms with Crippen LogP contribution in [0.2, 0.25) is 0 Å². The molecule has 0 aliphatic heterocycles. The predicted octanol–water partition coefficient (Wildman–Crippen LogP) is 3.20. The van der Waals surface area contributed by atoms with Gasteiger partial charge in [-0.05, 0) is 11.4 Å². The van der Waals surface area contributed by atoms with E-state index in [0.717, 1.165) is 4.88 Å². The van der Waals surface area contributed by atoms with E-state index >= 15 is 0 Å². The molecular formula is C8H11O3PS. The zero-order chi connectivity index (χ0) is 9.90. The number of thiophene rings is 1. The van der Waals surface area contributed by atoms with Gasteiger partial charge >= 0.3 is 7.60 Å². The maximum absolute atomic E-state index is 11.8. The molecule has 0 bridgehead atoms. The highest BCUT2D eigenvalue weighted by molar-refractivity contribution is 7.65. The van der Waals surface area contributed by atoms with Crippen LogP contribution in [-0.4, -0.2) is 14.2 Å². The van der Waals surface area contributed by atoms with Gasteiger partial charge in [0.15, 0.2) is 0 Å². The maximum Gasteiger partial charge on any atom is 0.361 e. The van der Waals surface area contributed by atoms with Crippen molar-refractivity contribution in [2.75, 3.05) is 14.2 Å². The summed E-state index contributed by atoms with van der Waals surface area (Å²) in [5.74, 6) is 0. The Hall–Kier alpha value is -0.410. The molecule has 0 atom stereocenters. The van der Waals surface area contributed by atoms with Gasteiger partial charge in [-0.15, -0.1) is 11.3 Å². The van der Waals surface area contributed by atoms with Crippen LogP contribution in [0.5, 0.6) is 0 Å². The Labute approximate surface area is 81.5 Å². The minimum atomic E-state index is -3.14. The minimum absolute atomic E-state index is 0.410. The number of hydrogen-bond acceptors (Lipinski definition) is 4. The van der Waals surface area contributed by atoms with Crippen molar-refractivity contribution in [3.8, 4) is 0 Å². The summed E-state index contributed by atoms with van der Waals surface area (Å²) in [6.45, 7) is 3.71. The van der Waals surface area contributed by atoms with Gasteiger partial charge in [0.1, 0.15) is 0 Å². The van der Waals surface area contributed by atoms with Crippen LogP contribution in [0.3, 0.4) is 0 Å². The molecule has 0 unspecified atom stereocenters. The third kappa shape index (κ3) is 2.09. The van der Waals surface area contributed by atoms with Gasteiger partial charge < -0.3 is 9.05 Å². The van der Waals surface area contributed by atoms with Crippen molar-refractivity contribution in [2.24, 2.45) is 0 Å². The molecular weight excluding hydrogens is 207 g/mol. The summed E-state index contributed by atoms with van der Waals surface area (Å²) >= 11 is 1.46. The van der Waals surface area contributed by atoms with Crippen molar-refractivity contribution in [3.63, 3.8) is 0 Å². The molecule has 1 heterocycles. The molecule has 0 saturated carbocycles. The Balaban J connectivity index is 2.96. The van der Waals surface area contributed by atoms with Gasteiger partial charge in [0.05, 0.1) is 5.31 Å². The average Bonchev–Trinajstić information content (AvgIpc) is 2.68. The van der Waals surface area contributed by atoms with Crippen LogP contribution in [0.1, 0.15) is 4.88 Å². The molecule has 1 aromatic heterocycles. The lowest BCUT2D eigenvalue weighted by Crippen LogP contribution is -1.89. The fourth-order valence-corrected chi connectivity index (χ4v) is 2.90. The van der Waals surface area contributed by atoms with Crippen molar-refractivity contribution in [1.29, 1.82) is 0 Å². The van der Waals surface area contributed by atoms with Crippen LogP contribution in [0.25, 0.3) is 5.31 Å². The SMILES string of the molecule is C=C(c1cccs1)P(=O)(OC)OC. The fourth-order valence-electron chi connectivity index (χ4n) is 0.873. The second-order valence-electron chi connectivity index (χ2n) is 2.29. The van der Waals surface area contributed by atoms with Crippen molar-refractivity contribution in [3.05, 3.63) is 29.0 Å². The van der Waals surface area contributed by atoms with Gasteiger partial charge in [-0.2, -0.15) is 0 Å². The average molecular weight is 218 g/mol. The van der Waals surface area contributed by atoms with E-state index in [4.69, 9.17) is 9.05 Å². The molecule has 0 aliphatic carbocycles. The highest BCUT2D eigenvalue weighted by Crippen LogP contribution is 2.59. The molecule has 0 N–H and O–H groups in total. The lowest BCUT2D eigenvalue weighted by Gasteiger charge is -2.14. The Morgan fingerprint density at radius 1 is 1.54 bits per heavy atom. The fraction of sp³-hybridized carbons (Fsp3) is 0.250. The van der Waals surface area contributed by atoms with Crippen LogP contribution in [0.4, 0.5) is 0 Å². The number of rotatable bonds is 4. The van der Waals surface area contributed by atoms with Crippen molar-refractivity contribution in [2.45, 2.75) is 0 Å². The van der Waals surface area contributed by atoms with Crippen LogP contribution in [-0.2, 0) is 13.6 Å². The van der Waals surface area contributed by atoms with Crippen LogP contribution < -0.4 is 0 Å².